The number of fused-ring (bicyclic) bond motifs is 6. The van der Waals surface area contributed by atoms with Gasteiger partial charge in [-0.05, 0) is 37.0 Å². The first-order valence-corrected chi connectivity index (χ1v) is 11.4. The molecule has 0 spiro atoms. The molecule has 2 aromatic heterocycles. The van der Waals surface area contributed by atoms with E-state index in [9.17, 15) is 14.7 Å². The van der Waals surface area contributed by atoms with E-state index in [2.05, 4.69) is 0 Å². The van der Waals surface area contributed by atoms with Crippen molar-refractivity contribution in [3.63, 3.8) is 0 Å². The number of rotatable bonds is 5. The average molecular weight is 464 g/mol. The van der Waals surface area contributed by atoms with E-state index >= 15 is 0 Å². The van der Waals surface area contributed by atoms with E-state index in [1.54, 1.807) is 24.7 Å². The lowest BCUT2D eigenvalue weighted by atomic mass is 9.86. The van der Waals surface area contributed by atoms with Crippen LogP contribution in [0.25, 0.3) is 22.3 Å². The molecule has 9 heteroatoms. The van der Waals surface area contributed by atoms with Crippen molar-refractivity contribution >= 4 is 16.9 Å². The molecule has 176 valence electrons. The van der Waals surface area contributed by atoms with Gasteiger partial charge in [0.15, 0.2) is 17.1 Å². The summed E-state index contributed by atoms with van der Waals surface area (Å²) in [4.78, 5) is 30.8. The maximum absolute atomic E-state index is 13.5. The topological polar surface area (TPSA) is 109 Å². The number of pyridine rings is 2. The highest BCUT2D eigenvalue weighted by molar-refractivity contribution is 5.91. The number of nitrogens with zero attached hydrogens (tertiary/aromatic N) is 2. The minimum Gasteiger partial charge on any atom is -0.458 e. The smallest absolute Gasteiger partial charge is 0.343 e. The summed E-state index contributed by atoms with van der Waals surface area (Å²) in [7, 11) is 1.67. The Kier molecular flexibility index (Phi) is 4.69. The van der Waals surface area contributed by atoms with Crippen LogP contribution in [0, 0.1) is 0 Å². The number of aryl methyl sites for hydroxylation is 1. The Hall–Kier alpha value is -3.43. The number of carbonyl (C=O) groups is 1. The van der Waals surface area contributed by atoms with Gasteiger partial charge in [-0.25, -0.2) is 9.78 Å². The highest BCUT2D eigenvalue weighted by atomic mass is 16.7. The fourth-order valence-corrected chi connectivity index (χ4v) is 5.23. The van der Waals surface area contributed by atoms with Gasteiger partial charge >= 0.3 is 5.97 Å². The number of esters is 1. The SMILES string of the molecule is CC[C@@]1(O)C(=O)OCc2c1cc1n(c2=O)Cc2c-1nc1cc3c(cc1c2CCCOC)OCO3. The summed E-state index contributed by atoms with van der Waals surface area (Å²) >= 11 is 0. The first-order valence-electron chi connectivity index (χ1n) is 11.4. The standard InChI is InChI=1S/C25H24N2O7/c1-3-25(30)17-8-19-22-15(10-27(19)23(28)16(17)11-32-24(25)29)13(5-4-6-31-2)14-7-20-21(34-12-33-20)9-18(14)26-22/h7-9,30H,3-6,10-12H2,1-2H3/t25-/m0/s1. The second-order valence-electron chi connectivity index (χ2n) is 8.84. The molecule has 0 amide bonds. The Morgan fingerprint density at radius 1 is 1.15 bits per heavy atom. The summed E-state index contributed by atoms with van der Waals surface area (Å²) in [5, 5.41) is 12.0. The molecule has 0 aliphatic carbocycles. The van der Waals surface area contributed by atoms with Crippen LogP contribution in [-0.4, -0.2) is 41.1 Å². The number of cyclic esters (lactones) is 1. The molecule has 0 saturated heterocycles. The van der Waals surface area contributed by atoms with Crippen molar-refractivity contribution in [1.29, 1.82) is 0 Å². The van der Waals surface area contributed by atoms with Crippen LogP contribution in [0.15, 0.2) is 23.0 Å². The van der Waals surface area contributed by atoms with E-state index in [1.165, 1.54) is 0 Å². The van der Waals surface area contributed by atoms with Crippen molar-refractivity contribution in [2.24, 2.45) is 0 Å². The molecule has 1 aromatic carbocycles. The fourth-order valence-electron chi connectivity index (χ4n) is 5.23. The molecule has 34 heavy (non-hydrogen) atoms. The maximum atomic E-state index is 13.5. The lowest BCUT2D eigenvalue weighted by molar-refractivity contribution is -0.172. The molecule has 5 heterocycles. The second-order valence-corrected chi connectivity index (χ2v) is 8.84. The first kappa shape index (κ1) is 21.1. The lowest BCUT2D eigenvalue weighted by Crippen LogP contribution is -2.44. The Labute approximate surface area is 194 Å². The Bertz CT molecular complexity index is 1430. The zero-order valence-corrected chi connectivity index (χ0v) is 19.0. The number of hydrogen-bond acceptors (Lipinski definition) is 8. The molecule has 3 aromatic rings. The summed E-state index contributed by atoms with van der Waals surface area (Å²) in [6.45, 7) is 2.67. The molecule has 0 unspecified atom stereocenters. The lowest BCUT2D eigenvalue weighted by Gasteiger charge is -2.31. The van der Waals surface area contributed by atoms with E-state index in [0.29, 0.717) is 47.2 Å². The number of benzene rings is 1. The van der Waals surface area contributed by atoms with Gasteiger partial charge in [-0.2, -0.15) is 0 Å². The summed E-state index contributed by atoms with van der Waals surface area (Å²) in [5.41, 5.74) is 2.53. The van der Waals surface area contributed by atoms with Gasteiger partial charge in [0.25, 0.3) is 5.56 Å². The van der Waals surface area contributed by atoms with Gasteiger partial charge in [0.2, 0.25) is 6.79 Å². The normalized spacial score (nSPS) is 19.7. The zero-order chi connectivity index (χ0) is 23.6. The fraction of sp³-hybridized carbons (Fsp3) is 0.400. The minimum atomic E-state index is -1.85. The molecular weight excluding hydrogens is 440 g/mol. The van der Waals surface area contributed by atoms with Crippen molar-refractivity contribution < 1.29 is 28.8 Å². The minimum absolute atomic E-state index is 0.103. The van der Waals surface area contributed by atoms with Crippen LogP contribution >= 0.6 is 0 Å². The summed E-state index contributed by atoms with van der Waals surface area (Å²) in [6.07, 6.45) is 1.64. The van der Waals surface area contributed by atoms with Crippen LogP contribution in [0.2, 0.25) is 0 Å². The van der Waals surface area contributed by atoms with Crippen molar-refractivity contribution in [2.75, 3.05) is 20.5 Å². The van der Waals surface area contributed by atoms with Crippen LogP contribution in [-0.2, 0) is 39.4 Å². The number of methoxy groups -OCH3 is 1. The first-order chi connectivity index (χ1) is 16.5. The third kappa shape index (κ3) is 2.83. The number of ether oxygens (including phenoxy) is 4. The number of hydrogen-bond donors (Lipinski definition) is 1. The van der Waals surface area contributed by atoms with Gasteiger partial charge in [0.1, 0.15) is 6.61 Å². The van der Waals surface area contributed by atoms with E-state index in [0.717, 1.165) is 34.9 Å². The van der Waals surface area contributed by atoms with Gasteiger partial charge in [-0.1, -0.05) is 6.92 Å². The largest absolute Gasteiger partial charge is 0.458 e. The van der Waals surface area contributed by atoms with E-state index < -0.39 is 11.6 Å². The number of aliphatic hydroxyl groups is 1. The third-order valence-electron chi connectivity index (χ3n) is 7.08. The van der Waals surface area contributed by atoms with Crippen molar-refractivity contribution in [1.82, 2.24) is 9.55 Å². The molecule has 0 saturated carbocycles. The van der Waals surface area contributed by atoms with Crippen molar-refractivity contribution in [2.45, 2.75) is 44.9 Å². The molecule has 0 fully saturated rings. The molecule has 1 atom stereocenters. The molecule has 9 nitrogen and oxygen atoms in total. The summed E-state index contributed by atoms with van der Waals surface area (Å²) < 4.78 is 23.3. The Morgan fingerprint density at radius 2 is 1.94 bits per heavy atom. The number of carbonyl (C=O) groups excluding carboxylic acids is 1. The molecule has 3 aliphatic rings. The molecule has 3 aliphatic heterocycles. The molecule has 6 rings (SSSR count). The van der Waals surface area contributed by atoms with Crippen LogP contribution in [0.3, 0.4) is 0 Å². The van der Waals surface area contributed by atoms with Crippen LogP contribution < -0.4 is 15.0 Å². The van der Waals surface area contributed by atoms with Crippen LogP contribution in [0.5, 0.6) is 11.5 Å². The predicted octanol–water partition coefficient (Wildman–Crippen LogP) is 2.39. The van der Waals surface area contributed by atoms with E-state index in [-0.39, 0.29) is 25.4 Å². The average Bonchev–Trinajstić information content (AvgIpc) is 3.44. The van der Waals surface area contributed by atoms with Crippen molar-refractivity contribution in [3.05, 3.63) is 50.8 Å². The Balaban J connectivity index is 1.60. The second kappa shape index (κ2) is 7.54. The number of aromatic nitrogens is 2. The molecular formula is C25H24N2O7. The highest BCUT2D eigenvalue weighted by Crippen LogP contribution is 2.43. The quantitative estimate of drug-likeness (QED) is 0.354. The van der Waals surface area contributed by atoms with Gasteiger partial charge in [0, 0.05) is 36.3 Å². The van der Waals surface area contributed by atoms with Gasteiger partial charge in [-0.15, -0.1) is 0 Å². The Morgan fingerprint density at radius 3 is 2.71 bits per heavy atom. The van der Waals surface area contributed by atoms with Gasteiger partial charge in [-0.3, -0.25) is 4.79 Å². The van der Waals surface area contributed by atoms with Crippen LogP contribution in [0.4, 0.5) is 0 Å². The summed E-state index contributed by atoms with van der Waals surface area (Å²) in [6, 6.07) is 5.54. The van der Waals surface area contributed by atoms with E-state index in [4.69, 9.17) is 23.9 Å². The molecule has 0 bridgehead atoms. The van der Waals surface area contributed by atoms with Crippen molar-refractivity contribution in [3.8, 4) is 22.9 Å². The molecule has 0 radical (unpaired) electrons. The molecule has 1 N–H and O–H groups in total. The summed E-state index contributed by atoms with van der Waals surface area (Å²) in [5.74, 6) is 0.574. The van der Waals surface area contributed by atoms with Gasteiger partial charge in [0.05, 0.1) is 29.0 Å². The zero-order valence-electron chi connectivity index (χ0n) is 19.0. The monoisotopic (exact) mass is 464 g/mol. The van der Waals surface area contributed by atoms with E-state index in [1.807, 2.05) is 12.1 Å². The van der Waals surface area contributed by atoms with Gasteiger partial charge < -0.3 is 28.6 Å². The van der Waals surface area contributed by atoms with Crippen LogP contribution in [0.1, 0.15) is 42.0 Å². The highest BCUT2D eigenvalue weighted by Gasteiger charge is 2.45. The predicted molar refractivity (Wildman–Crippen MR) is 121 cm³/mol. The maximum Gasteiger partial charge on any atom is 0.343 e. The third-order valence-corrected chi connectivity index (χ3v) is 7.08.